The molecule has 0 radical (unpaired) electrons. The van der Waals surface area contributed by atoms with Crippen molar-refractivity contribution in [2.75, 3.05) is 39.4 Å². The summed E-state index contributed by atoms with van der Waals surface area (Å²) in [5.74, 6) is 1.06. The topological polar surface area (TPSA) is 54.9 Å². The van der Waals surface area contributed by atoms with Crippen molar-refractivity contribution in [3.8, 4) is 16.3 Å². The number of aromatic nitrogens is 1. The van der Waals surface area contributed by atoms with E-state index in [-0.39, 0.29) is 12.0 Å². The van der Waals surface area contributed by atoms with Gasteiger partial charge in [0.25, 0.3) is 5.91 Å². The lowest BCUT2D eigenvalue weighted by Gasteiger charge is -2.35. The maximum absolute atomic E-state index is 12.5. The number of hydrogen-bond donors (Lipinski definition) is 0. The lowest BCUT2D eigenvalue weighted by Crippen LogP contribution is -2.51. The molecule has 0 saturated carbocycles. The Morgan fingerprint density at radius 3 is 2.71 bits per heavy atom. The van der Waals surface area contributed by atoms with Gasteiger partial charge in [-0.2, -0.15) is 0 Å². The summed E-state index contributed by atoms with van der Waals surface area (Å²) in [5.41, 5.74) is 2.21. The van der Waals surface area contributed by atoms with Gasteiger partial charge in [-0.3, -0.25) is 9.69 Å². The SMILES string of the molecule is CCOc1ccc(-c2nc(CN3CCN(C(=O)C4CCCO4)CC3)cs2)cc1. The minimum Gasteiger partial charge on any atom is -0.494 e. The average Bonchev–Trinajstić information content (AvgIpc) is 3.41. The number of nitrogens with zero attached hydrogens (tertiary/aromatic N) is 3. The molecule has 1 amide bonds. The second-order valence-corrected chi connectivity index (χ2v) is 8.06. The van der Waals surface area contributed by atoms with Crippen molar-refractivity contribution in [1.82, 2.24) is 14.8 Å². The molecule has 2 aliphatic heterocycles. The number of piperazine rings is 1. The van der Waals surface area contributed by atoms with Gasteiger partial charge in [-0.1, -0.05) is 0 Å². The molecule has 2 aliphatic rings. The van der Waals surface area contributed by atoms with Crippen molar-refractivity contribution in [2.24, 2.45) is 0 Å². The van der Waals surface area contributed by atoms with Gasteiger partial charge >= 0.3 is 0 Å². The van der Waals surface area contributed by atoms with E-state index in [9.17, 15) is 4.79 Å². The van der Waals surface area contributed by atoms with Crippen LogP contribution in [0, 0.1) is 0 Å². The molecule has 2 aromatic rings. The minimum absolute atomic E-state index is 0.170. The Hall–Kier alpha value is -1.96. The van der Waals surface area contributed by atoms with Gasteiger partial charge in [-0.15, -0.1) is 11.3 Å². The second kappa shape index (κ2) is 9.03. The highest BCUT2D eigenvalue weighted by Crippen LogP contribution is 2.26. The summed E-state index contributed by atoms with van der Waals surface area (Å²) in [4.78, 5) is 21.6. The summed E-state index contributed by atoms with van der Waals surface area (Å²) in [6.45, 7) is 7.52. The molecule has 0 bridgehead atoms. The Morgan fingerprint density at radius 1 is 1.25 bits per heavy atom. The second-order valence-electron chi connectivity index (χ2n) is 7.20. The number of hydrogen-bond acceptors (Lipinski definition) is 6. The van der Waals surface area contributed by atoms with E-state index in [1.54, 1.807) is 11.3 Å². The van der Waals surface area contributed by atoms with Gasteiger partial charge in [-0.25, -0.2) is 4.98 Å². The zero-order chi connectivity index (χ0) is 19.3. The van der Waals surface area contributed by atoms with Gasteiger partial charge < -0.3 is 14.4 Å². The molecule has 0 N–H and O–H groups in total. The molecular formula is C21H27N3O3S. The minimum atomic E-state index is -0.207. The fraction of sp³-hybridized carbons (Fsp3) is 0.524. The maximum Gasteiger partial charge on any atom is 0.251 e. The summed E-state index contributed by atoms with van der Waals surface area (Å²) in [6.07, 6.45) is 1.66. The first-order chi connectivity index (χ1) is 13.7. The van der Waals surface area contributed by atoms with E-state index in [0.29, 0.717) is 6.61 Å². The monoisotopic (exact) mass is 401 g/mol. The van der Waals surface area contributed by atoms with Crippen molar-refractivity contribution in [1.29, 1.82) is 0 Å². The Bertz CT molecular complexity index is 778. The van der Waals surface area contributed by atoms with Gasteiger partial charge in [0, 0.05) is 50.3 Å². The van der Waals surface area contributed by atoms with Gasteiger partial charge in [0.05, 0.1) is 12.3 Å². The molecule has 1 aromatic carbocycles. The van der Waals surface area contributed by atoms with Crippen LogP contribution in [-0.4, -0.2) is 66.2 Å². The standard InChI is InChI=1S/C21H27N3O3S/c1-2-26-18-7-5-16(6-8-18)20-22-17(15-28-20)14-23-9-11-24(12-10-23)21(25)19-4-3-13-27-19/h5-8,15,19H,2-4,9-14H2,1H3. The normalized spacial score (nSPS) is 20.5. The molecule has 4 rings (SSSR count). The number of carbonyl (C=O) groups excluding carboxylic acids is 1. The molecule has 0 spiro atoms. The first-order valence-electron chi connectivity index (χ1n) is 10.0. The molecule has 2 saturated heterocycles. The van der Waals surface area contributed by atoms with Gasteiger partial charge in [0.15, 0.2) is 0 Å². The number of carbonyl (C=O) groups is 1. The van der Waals surface area contributed by atoms with E-state index in [4.69, 9.17) is 14.5 Å². The van der Waals surface area contributed by atoms with Crippen LogP contribution in [0.3, 0.4) is 0 Å². The highest BCUT2D eigenvalue weighted by atomic mass is 32.1. The van der Waals surface area contributed by atoms with Crippen molar-refractivity contribution in [3.63, 3.8) is 0 Å². The molecule has 1 atom stereocenters. The number of amides is 1. The van der Waals surface area contributed by atoms with Crippen molar-refractivity contribution in [3.05, 3.63) is 35.3 Å². The van der Waals surface area contributed by atoms with Gasteiger partial charge in [-0.05, 0) is 44.0 Å². The zero-order valence-electron chi connectivity index (χ0n) is 16.3. The van der Waals surface area contributed by atoms with Crippen molar-refractivity contribution in [2.45, 2.75) is 32.4 Å². The number of benzene rings is 1. The molecule has 1 unspecified atom stereocenters. The van der Waals surface area contributed by atoms with Crippen LogP contribution in [0.5, 0.6) is 5.75 Å². The van der Waals surface area contributed by atoms with E-state index in [2.05, 4.69) is 22.4 Å². The van der Waals surface area contributed by atoms with E-state index in [1.165, 1.54) is 0 Å². The fourth-order valence-electron chi connectivity index (χ4n) is 3.70. The molecule has 6 nitrogen and oxygen atoms in total. The number of thiazole rings is 1. The Balaban J connectivity index is 1.29. The van der Waals surface area contributed by atoms with Crippen LogP contribution in [0.1, 0.15) is 25.5 Å². The smallest absolute Gasteiger partial charge is 0.251 e. The van der Waals surface area contributed by atoms with Crippen molar-refractivity contribution < 1.29 is 14.3 Å². The summed E-state index contributed by atoms with van der Waals surface area (Å²) in [5, 5.41) is 3.17. The first-order valence-corrected chi connectivity index (χ1v) is 10.9. The van der Waals surface area contributed by atoms with E-state index in [1.807, 2.05) is 24.0 Å². The van der Waals surface area contributed by atoms with Gasteiger partial charge in [0.2, 0.25) is 0 Å². The fourth-order valence-corrected chi connectivity index (χ4v) is 4.52. The molecule has 28 heavy (non-hydrogen) atoms. The molecule has 1 aromatic heterocycles. The van der Waals surface area contributed by atoms with Crippen LogP contribution >= 0.6 is 11.3 Å². The van der Waals surface area contributed by atoms with E-state index < -0.39 is 0 Å². The Kier molecular flexibility index (Phi) is 6.24. The van der Waals surface area contributed by atoms with Crippen LogP contribution < -0.4 is 4.74 Å². The summed E-state index contributed by atoms with van der Waals surface area (Å²) in [6, 6.07) is 8.10. The van der Waals surface area contributed by atoms with E-state index >= 15 is 0 Å². The zero-order valence-corrected chi connectivity index (χ0v) is 17.1. The number of ether oxygens (including phenoxy) is 2. The van der Waals surface area contributed by atoms with Crippen LogP contribution in [0.4, 0.5) is 0 Å². The first kappa shape index (κ1) is 19.4. The highest BCUT2D eigenvalue weighted by molar-refractivity contribution is 7.13. The quantitative estimate of drug-likeness (QED) is 0.745. The predicted octanol–water partition coefficient (Wildman–Crippen LogP) is 3.03. The molecule has 2 fully saturated rings. The third-order valence-electron chi connectivity index (χ3n) is 5.24. The highest BCUT2D eigenvalue weighted by Gasteiger charge is 2.30. The molecular weight excluding hydrogens is 374 g/mol. The third-order valence-corrected chi connectivity index (χ3v) is 6.18. The molecule has 150 valence electrons. The van der Waals surface area contributed by atoms with Crippen LogP contribution in [0.15, 0.2) is 29.6 Å². The van der Waals surface area contributed by atoms with Crippen LogP contribution in [0.2, 0.25) is 0 Å². The third kappa shape index (κ3) is 4.54. The van der Waals surface area contributed by atoms with E-state index in [0.717, 1.165) is 74.2 Å². The number of rotatable bonds is 6. The molecule has 0 aliphatic carbocycles. The average molecular weight is 402 g/mol. The van der Waals surface area contributed by atoms with Crippen LogP contribution in [-0.2, 0) is 16.1 Å². The summed E-state index contributed by atoms with van der Waals surface area (Å²) < 4.78 is 11.0. The lowest BCUT2D eigenvalue weighted by molar-refractivity contribution is -0.142. The predicted molar refractivity (Wildman–Crippen MR) is 110 cm³/mol. The molecule has 7 heteroatoms. The lowest BCUT2D eigenvalue weighted by atomic mass is 10.2. The molecule has 3 heterocycles. The Labute approximate surface area is 170 Å². The van der Waals surface area contributed by atoms with Gasteiger partial charge in [0.1, 0.15) is 16.9 Å². The van der Waals surface area contributed by atoms with Crippen LogP contribution in [0.25, 0.3) is 10.6 Å². The Morgan fingerprint density at radius 2 is 2.04 bits per heavy atom. The maximum atomic E-state index is 12.5. The largest absolute Gasteiger partial charge is 0.494 e. The summed E-state index contributed by atoms with van der Waals surface area (Å²) in [7, 11) is 0. The summed E-state index contributed by atoms with van der Waals surface area (Å²) >= 11 is 1.67. The van der Waals surface area contributed by atoms with Crippen molar-refractivity contribution >= 4 is 17.2 Å².